The lowest BCUT2D eigenvalue weighted by Crippen LogP contribution is -2.40. The van der Waals surface area contributed by atoms with Crippen molar-refractivity contribution < 1.29 is 4.73 Å². The van der Waals surface area contributed by atoms with Gasteiger partial charge < -0.3 is 5.21 Å². The predicted octanol–water partition coefficient (Wildman–Crippen LogP) is 6.46. The van der Waals surface area contributed by atoms with Crippen LogP contribution in [-0.4, -0.2) is 0 Å². The average Bonchev–Trinajstić information content (AvgIpc) is 2.70. The van der Waals surface area contributed by atoms with E-state index in [-0.39, 0.29) is 0 Å². The molecule has 0 N–H and O–H groups in total. The van der Waals surface area contributed by atoms with Gasteiger partial charge in [0.25, 0.3) is 0 Å². The normalized spacial score (nSPS) is 24.5. The van der Waals surface area contributed by atoms with Crippen LogP contribution in [0.4, 0.5) is 0 Å². The molecular weight excluding hydrogens is 306 g/mol. The van der Waals surface area contributed by atoms with Crippen LogP contribution in [-0.2, 0) is 0 Å². The molecule has 3 saturated carbocycles. The fourth-order valence-electron chi connectivity index (χ4n) is 5.69. The van der Waals surface area contributed by atoms with Crippen molar-refractivity contribution in [2.75, 3.05) is 0 Å². The van der Waals surface area contributed by atoms with Crippen molar-refractivity contribution in [2.24, 2.45) is 0 Å². The standard InChI is InChI=1S/C23H35NO/c25-24-22(19-12-6-2-7-13-19)16-21(18-10-4-1-5-11-18)17-23(24)20-14-8-3-9-15-20/h16-20H,1-15H2. The molecule has 0 amide bonds. The molecule has 0 atom stereocenters. The van der Waals surface area contributed by atoms with E-state index in [1.165, 1.54) is 107 Å². The lowest BCUT2D eigenvalue weighted by Gasteiger charge is -2.28. The smallest absolute Gasteiger partial charge is 0.196 e. The van der Waals surface area contributed by atoms with E-state index in [1.807, 2.05) is 0 Å². The third-order valence-electron chi connectivity index (χ3n) is 7.22. The van der Waals surface area contributed by atoms with Crippen LogP contribution in [0.15, 0.2) is 12.1 Å². The van der Waals surface area contributed by atoms with Crippen LogP contribution in [0.5, 0.6) is 0 Å². The first-order valence-electron chi connectivity index (χ1n) is 11.1. The number of rotatable bonds is 3. The van der Waals surface area contributed by atoms with Gasteiger partial charge in [-0.25, -0.2) is 0 Å². The Morgan fingerprint density at radius 1 is 0.560 bits per heavy atom. The van der Waals surface area contributed by atoms with E-state index < -0.39 is 0 Å². The summed E-state index contributed by atoms with van der Waals surface area (Å²) in [6.45, 7) is 0. The highest BCUT2D eigenvalue weighted by Gasteiger charge is 2.31. The predicted molar refractivity (Wildman–Crippen MR) is 103 cm³/mol. The van der Waals surface area contributed by atoms with Gasteiger partial charge in [-0.05, 0) is 50.0 Å². The molecule has 2 heteroatoms. The van der Waals surface area contributed by atoms with Gasteiger partial charge in [0.05, 0.1) is 0 Å². The molecule has 0 spiro atoms. The van der Waals surface area contributed by atoms with Gasteiger partial charge in [-0.15, -0.1) is 0 Å². The molecule has 0 aliphatic heterocycles. The minimum atomic E-state index is 0.511. The third-order valence-corrected chi connectivity index (χ3v) is 7.22. The summed E-state index contributed by atoms with van der Waals surface area (Å²) in [6.07, 6.45) is 19.6. The monoisotopic (exact) mass is 341 g/mol. The number of aromatic nitrogens is 1. The minimum Gasteiger partial charge on any atom is -0.618 e. The summed E-state index contributed by atoms with van der Waals surface area (Å²) in [6, 6.07) is 4.68. The molecule has 1 heterocycles. The highest BCUT2D eigenvalue weighted by atomic mass is 16.5. The zero-order chi connectivity index (χ0) is 17.1. The molecule has 0 aromatic carbocycles. The van der Waals surface area contributed by atoms with Crippen LogP contribution in [0.25, 0.3) is 0 Å². The zero-order valence-electron chi connectivity index (χ0n) is 15.8. The molecule has 1 aromatic rings. The summed E-state index contributed by atoms with van der Waals surface area (Å²) >= 11 is 0. The number of hydrogen-bond acceptors (Lipinski definition) is 1. The molecule has 0 radical (unpaired) electrons. The van der Waals surface area contributed by atoms with Crippen LogP contribution in [0.2, 0.25) is 0 Å². The summed E-state index contributed by atoms with van der Waals surface area (Å²) in [5.41, 5.74) is 3.76. The fourth-order valence-corrected chi connectivity index (χ4v) is 5.69. The Balaban J connectivity index is 1.70. The third kappa shape index (κ3) is 3.88. The second-order valence-corrected chi connectivity index (χ2v) is 8.94. The van der Waals surface area contributed by atoms with Crippen LogP contribution < -0.4 is 4.73 Å². The van der Waals surface area contributed by atoms with Crippen molar-refractivity contribution in [3.05, 3.63) is 34.3 Å². The molecule has 0 unspecified atom stereocenters. The molecule has 3 fully saturated rings. The Labute approximate surface area is 153 Å². The highest BCUT2D eigenvalue weighted by Crippen LogP contribution is 2.39. The van der Waals surface area contributed by atoms with Crippen molar-refractivity contribution in [1.82, 2.24) is 0 Å². The lowest BCUT2D eigenvalue weighted by atomic mass is 9.79. The molecule has 4 rings (SSSR count). The Hall–Kier alpha value is -1.05. The van der Waals surface area contributed by atoms with Crippen LogP contribution in [0.1, 0.15) is 131 Å². The lowest BCUT2D eigenvalue weighted by molar-refractivity contribution is -0.626. The number of nitrogens with zero attached hydrogens (tertiary/aromatic N) is 1. The van der Waals surface area contributed by atoms with Gasteiger partial charge in [0.1, 0.15) is 0 Å². The van der Waals surface area contributed by atoms with E-state index in [1.54, 1.807) is 0 Å². The van der Waals surface area contributed by atoms with Gasteiger partial charge >= 0.3 is 0 Å². The average molecular weight is 342 g/mol. The first kappa shape index (κ1) is 17.4. The van der Waals surface area contributed by atoms with E-state index in [0.717, 1.165) is 11.4 Å². The van der Waals surface area contributed by atoms with Crippen molar-refractivity contribution in [3.63, 3.8) is 0 Å². The number of hydrogen-bond donors (Lipinski definition) is 0. The van der Waals surface area contributed by atoms with Gasteiger partial charge in [0, 0.05) is 24.0 Å². The fraction of sp³-hybridized carbons (Fsp3) is 0.783. The Bertz CT molecular complexity index is 524. The summed E-state index contributed by atoms with van der Waals surface area (Å²) in [7, 11) is 0. The molecule has 0 saturated heterocycles. The summed E-state index contributed by atoms with van der Waals surface area (Å²) in [4.78, 5) is 0. The molecule has 3 aliphatic carbocycles. The van der Waals surface area contributed by atoms with E-state index >= 15 is 0 Å². The van der Waals surface area contributed by atoms with Gasteiger partial charge in [-0.3, -0.25) is 0 Å². The largest absolute Gasteiger partial charge is 0.618 e. The van der Waals surface area contributed by atoms with Crippen LogP contribution >= 0.6 is 0 Å². The van der Waals surface area contributed by atoms with E-state index in [2.05, 4.69) is 12.1 Å². The Morgan fingerprint density at radius 3 is 1.32 bits per heavy atom. The first-order valence-corrected chi connectivity index (χ1v) is 11.1. The first-order chi connectivity index (χ1) is 12.3. The van der Waals surface area contributed by atoms with Gasteiger partial charge in [-0.2, -0.15) is 4.73 Å². The van der Waals surface area contributed by atoms with Crippen LogP contribution in [0, 0.1) is 5.21 Å². The Kier molecular flexibility index (Phi) is 5.63. The summed E-state index contributed by atoms with van der Waals surface area (Å²) < 4.78 is 1.40. The SMILES string of the molecule is [O-][n+]1c(C2CCCCC2)cc(C2CCCCC2)cc1C1CCCCC1. The van der Waals surface area contributed by atoms with E-state index in [0.29, 0.717) is 17.8 Å². The van der Waals surface area contributed by atoms with Gasteiger partial charge in [-0.1, -0.05) is 57.8 Å². The van der Waals surface area contributed by atoms with Gasteiger partial charge in [0.15, 0.2) is 11.4 Å². The molecular formula is C23H35NO. The van der Waals surface area contributed by atoms with Crippen LogP contribution in [0.3, 0.4) is 0 Å². The molecule has 0 bridgehead atoms. The molecule has 3 aliphatic rings. The molecule has 138 valence electrons. The van der Waals surface area contributed by atoms with Gasteiger partial charge in [0.2, 0.25) is 0 Å². The quantitative estimate of drug-likeness (QED) is 0.457. The maximum Gasteiger partial charge on any atom is 0.196 e. The number of pyridine rings is 1. The van der Waals surface area contributed by atoms with Crippen molar-refractivity contribution in [1.29, 1.82) is 0 Å². The second-order valence-electron chi connectivity index (χ2n) is 8.94. The zero-order valence-corrected chi connectivity index (χ0v) is 15.8. The highest BCUT2D eigenvalue weighted by molar-refractivity contribution is 5.25. The van der Waals surface area contributed by atoms with Crippen molar-refractivity contribution in [3.8, 4) is 0 Å². The summed E-state index contributed by atoms with van der Waals surface area (Å²) in [5.74, 6) is 1.73. The topological polar surface area (TPSA) is 26.9 Å². The molecule has 25 heavy (non-hydrogen) atoms. The molecule has 2 nitrogen and oxygen atoms in total. The second kappa shape index (κ2) is 8.10. The minimum absolute atomic E-state index is 0.511. The van der Waals surface area contributed by atoms with E-state index in [9.17, 15) is 5.21 Å². The van der Waals surface area contributed by atoms with Crippen molar-refractivity contribution in [2.45, 2.75) is 114 Å². The maximum absolute atomic E-state index is 13.3. The van der Waals surface area contributed by atoms with Crippen molar-refractivity contribution >= 4 is 0 Å². The summed E-state index contributed by atoms with van der Waals surface area (Å²) in [5, 5.41) is 13.3. The molecule has 1 aromatic heterocycles. The maximum atomic E-state index is 13.3. The van der Waals surface area contributed by atoms with E-state index in [4.69, 9.17) is 0 Å². The Morgan fingerprint density at radius 2 is 0.920 bits per heavy atom.